The second-order valence-electron chi connectivity index (χ2n) is 12.7. The topological polar surface area (TPSA) is 28.7 Å². The molecule has 230 valence electrons. The van der Waals surface area contributed by atoms with Gasteiger partial charge in [-0.3, -0.25) is 4.99 Å². The van der Waals surface area contributed by atoms with Gasteiger partial charge >= 0.3 is 0 Å². The van der Waals surface area contributed by atoms with Crippen molar-refractivity contribution in [3.05, 3.63) is 187 Å². The largest absolute Gasteiger partial charge is 0.455 e. The normalized spacial score (nSPS) is 13.8. The molecule has 1 aliphatic rings. The molecule has 0 fully saturated rings. The number of anilines is 3. The first-order valence-corrected chi connectivity index (χ1v) is 16.7. The SMILES string of the molecule is C1=NC(c2ccc(N(c3ccc(-c4ccccc4)cc3)c3cc4c5ccccc5ccc4c4ccccc34)cc2)c2c1oc1ccccc21. The molecule has 10 rings (SSSR count). The highest BCUT2D eigenvalue weighted by Crippen LogP contribution is 2.45. The Labute approximate surface area is 284 Å². The van der Waals surface area contributed by atoms with E-state index in [4.69, 9.17) is 9.41 Å². The fourth-order valence-electron chi connectivity index (χ4n) is 7.63. The van der Waals surface area contributed by atoms with Crippen molar-refractivity contribution in [2.24, 2.45) is 4.99 Å². The van der Waals surface area contributed by atoms with Gasteiger partial charge in [0.2, 0.25) is 0 Å². The molecular weight excluding hydrogens is 597 g/mol. The van der Waals surface area contributed by atoms with Crippen LogP contribution in [0.2, 0.25) is 0 Å². The summed E-state index contributed by atoms with van der Waals surface area (Å²) in [7, 11) is 0. The lowest BCUT2D eigenvalue weighted by atomic mass is 9.94. The molecule has 2 heterocycles. The smallest absolute Gasteiger partial charge is 0.151 e. The molecule has 0 saturated carbocycles. The van der Waals surface area contributed by atoms with E-state index in [1.807, 2.05) is 18.3 Å². The monoisotopic (exact) mass is 626 g/mol. The summed E-state index contributed by atoms with van der Waals surface area (Å²) in [5.41, 5.74) is 8.90. The standard InChI is InChI=1S/C46H30N2O/c1-2-10-30(11-3-1)31-18-23-34(24-19-31)48(35-25-20-33(21-26-35)46-45-40-16-8-9-17-43(40)49-44(45)29-47-46)42-28-41-36-13-5-4-12-32(36)22-27-38(41)37-14-6-7-15-39(37)42/h1-29,46H. The summed E-state index contributed by atoms with van der Waals surface area (Å²) in [5, 5.41) is 8.56. The lowest BCUT2D eigenvalue weighted by Gasteiger charge is -2.28. The van der Waals surface area contributed by atoms with Crippen molar-refractivity contribution in [3.63, 3.8) is 0 Å². The molecule has 0 bridgehead atoms. The number of hydrogen-bond donors (Lipinski definition) is 0. The van der Waals surface area contributed by atoms with E-state index in [0.717, 1.165) is 44.9 Å². The van der Waals surface area contributed by atoms with Gasteiger partial charge < -0.3 is 9.32 Å². The van der Waals surface area contributed by atoms with Crippen molar-refractivity contribution >= 4 is 66.6 Å². The number of hydrogen-bond acceptors (Lipinski definition) is 3. The van der Waals surface area contributed by atoms with Crippen LogP contribution >= 0.6 is 0 Å². The van der Waals surface area contributed by atoms with Crippen molar-refractivity contribution in [3.8, 4) is 11.1 Å². The van der Waals surface area contributed by atoms with E-state index in [1.54, 1.807) is 0 Å². The van der Waals surface area contributed by atoms with Gasteiger partial charge in [-0.2, -0.15) is 0 Å². The first-order chi connectivity index (χ1) is 24.3. The zero-order chi connectivity index (χ0) is 32.3. The van der Waals surface area contributed by atoms with Crippen LogP contribution in [0.5, 0.6) is 0 Å². The van der Waals surface area contributed by atoms with Crippen LogP contribution in [-0.2, 0) is 0 Å². The summed E-state index contributed by atoms with van der Waals surface area (Å²) in [5.74, 6) is 0.852. The first kappa shape index (κ1) is 27.6. The van der Waals surface area contributed by atoms with Crippen LogP contribution in [-0.4, -0.2) is 6.21 Å². The lowest BCUT2D eigenvalue weighted by Crippen LogP contribution is -2.11. The summed E-state index contributed by atoms with van der Waals surface area (Å²) in [6, 6.07) is 60.9. The van der Waals surface area contributed by atoms with Crippen LogP contribution in [0.4, 0.5) is 17.1 Å². The minimum atomic E-state index is -0.0980. The molecule has 3 heteroatoms. The maximum absolute atomic E-state index is 6.13. The van der Waals surface area contributed by atoms with Crippen LogP contribution in [0.25, 0.3) is 54.4 Å². The van der Waals surface area contributed by atoms with Crippen molar-refractivity contribution in [1.29, 1.82) is 0 Å². The molecule has 0 saturated heterocycles. The van der Waals surface area contributed by atoms with Gasteiger partial charge in [0.15, 0.2) is 5.76 Å². The van der Waals surface area contributed by atoms with E-state index in [0.29, 0.717) is 0 Å². The van der Waals surface area contributed by atoms with Crippen LogP contribution in [0.3, 0.4) is 0 Å². The van der Waals surface area contributed by atoms with Gasteiger partial charge in [0, 0.05) is 27.7 Å². The molecule has 3 nitrogen and oxygen atoms in total. The van der Waals surface area contributed by atoms with Crippen LogP contribution < -0.4 is 4.90 Å². The molecular formula is C46H30N2O. The second kappa shape index (κ2) is 11.1. The maximum atomic E-state index is 6.13. The fourth-order valence-corrected chi connectivity index (χ4v) is 7.63. The highest BCUT2D eigenvalue weighted by molar-refractivity contribution is 6.21. The molecule has 8 aromatic carbocycles. The first-order valence-electron chi connectivity index (χ1n) is 16.7. The van der Waals surface area contributed by atoms with Gasteiger partial charge in [0.25, 0.3) is 0 Å². The fraction of sp³-hybridized carbons (Fsp3) is 0.0217. The predicted octanol–water partition coefficient (Wildman–Crippen LogP) is 12.6. The average Bonchev–Trinajstić information content (AvgIpc) is 3.76. The molecule has 49 heavy (non-hydrogen) atoms. The highest BCUT2D eigenvalue weighted by atomic mass is 16.3. The van der Waals surface area contributed by atoms with E-state index in [9.17, 15) is 0 Å². The van der Waals surface area contributed by atoms with Crippen LogP contribution in [0, 0.1) is 0 Å². The second-order valence-corrected chi connectivity index (χ2v) is 12.7. The Morgan fingerprint density at radius 3 is 1.88 bits per heavy atom. The molecule has 1 unspecified atom stereocenters. The van der Waals surface area contributed by atoms with Crippen LogP contribution in [0.1, 0.15) is 22.9 Å². The molecule has 0 spiro atoms. The third-order valence-electron chi connectivity index (χ3n) is 9.96. The quantitative estimate of drug-likeness (QED) is 0.178. The summed E-state index contributed by atoms with van der Waals surface area (Å²) in [6.07, 6.45) is 1.88. The number of nitrogens with zero attached hydrogens (tertiary/aromatic N) is 2. The number of fused-ring (bicyclic) bond motifs is 8. The molecule has 0 aliphatic carbocycles. The van der Waals surface area contributed by atoms with Crippen LogP contribution in [0.15, 0.2) is 179 Å². The van der Waals surface area contributed by atoms with Gasteiger partial charge in [-0.05, 0) is 80.0 Å². The van der Waals surface area contributed by atoms with Crippen molar-refractivity contribution in [2.45, 2.75) is 6.04 Å². The maximum Gasteiger partial charge on any atom is 0.151 e. The lowest BCUT2D eigenvalue weighted by molar-refractivity contribution is 0.605. The predicted molar refractivity (Wildman–Crippen MR) is 205 cm³/mol. The van der Waals surface area contributed by atoms with Crippen molar-refractivity contribution in [2.75, 3.05) is 4.90 Å². The molecule has 1 aromatic heterocycles. The molecule has 0 amide bonds. The molecule has 9 aromatic rings. The number of benzene rings is 8. The minimum Gasteiger partial charge on any atom is -0.455 e. The summed E-state index contributed by atoms with van der Waals surface area (Å²) in [6.45, 7) is 0. The van der Waals surface area contributed by atoms with Gasteiger partial charge in [-0.25, -0.2) is 0 Å². The zero-order valence-corrected chi connectivity index (χ0v) is 26.6. The van der Waals surface area contributed by atoms with E-state index >= 15 is 0 Å². The number of aliphatic imine (C=N–C) groups is 1. The van der Waals surface area contributed by atoms with Gasteiger partial charge in [-0.1, -0.05) is 133 Å². The summed E-state index contributed by atoms with van der Waals surface area (Å²) >= 11 is 0. The summed E-state index contributed by atoms with van der Waals surface area (Å²) in [4.78, 5) is 7.29. The van der Waals surface area contributed by atoms with Gasteiger partial charge in [0.1, 0.15) is 11.6 Å². The van der Waals surface area contributed by atoms with E-state index in [2.05, 4.69) is 163 Å². The summed E-state index contributed by atoms with van der Waals surface area (Å²) < 4.78 is 6.13. The Kier molecular flexibility index (Phi) is 6.25. The van der Waals surface area contributed by atoms with Crippen molar-refractivity contribution in [1.82, 2.24) is 0 Å². The van der Waals surface area contributed by atoms with Gasteiger partial charge in [-0.15, -0.1) is 0 Å². The average molecular weight is 627 g/mol. The Morgan fingerprint density at radius 2 is 1.08 bits per heavy atom. The number of para-hydroxylation sites is 1. The van der Waals surface area contributed by atoms with Crippen molar-refractivity contribution < 1.29 is 4.42 Å². The Balaban J connectivity index is 1.16. The zero-order valence-electron chi connectivity index (χ0n) is 26.6. The Morgan fingerprint density at radius 1 is 0.469 bits per heavy atom. The van der Waals surface area contributed by atoms with E-state index < -0.39 is 0 Å². The number of furan rings is 1. The Bertz CT molecular complexity index is 2710. The van der Waals surface area contributed by atoms with E-state index in [1.165, 1.54) is 43.4 Å². The highest BCUT2D eigenvalue weighted by Gasteiger charge is 2.27. The minimum absolute atomic E-state index is 0.0980. The number of rotatable bonds is 5. The third kappa shape index (κ3) is 4.47. The molecule has 1 atom stereocenters. The molecule has 0 N–H and O–H groups in total. The van der Waals surface area contributed by atoms with E-state index in [-0.39, 0.29) is 6.04 Å². The third-order valence-corrected chi connectivity index (χ3v) is 9.96. The Hall–Kier alpha value is -6.45. The molecule has 1 aliphatic heterocycles. The van der Waals surface area contributed by atoms with Gasteiger partial charge in [0.05, 0.1) is 11.9 Å². The molecule has 0 radical (unpaired) electrons.